The van der Waals surface area contributed by atoms with Gasteiger partial charge in [-0.15, -0.1) is 0 Å². The van der Waals surface area contributed by atoms with Crippen LogP contribution in [-0.4, -0.2) is 23.3 Å². The number of allylic oxidation sites excluding steroid dienone is 4. The number of nitrogens with zero attached hydrogens (tertiary/aromatic N) is 2. The van der Waals surface area contributed by atoms with Gasteiger partial charge in [-0.1, -0.05) is 12.7 Å². The molecular formula is C10H6F2N2O. The van der Waals surface area contributed by atoms with Crippen LogP contribution in [0.25, 0.3) is 0 Å². The predicted molar refractivity (Wildman–Crippen MR) is 52.2 cm³/mol. The molecule has 0 spiro atoms. The number of amidine groups is 1. The molecule has 0 aromatic rings. The number of fused-ring (bicyclic) bond motifs is 1. The molecular weight excluding hydrogens is 202 g/mol. The lowest BCUT2D eigenvalue weighted by Crippen LogP contribution is -2.23. The summed E-state index contributed by atoms with van der Waals surface area (Å²) in [6.45, 7) is 2.99. The summed E-state index contributed by atoms with van der Waals surface area (Å²) in [6.07, 6.45) is 4.63. The lowest BCUT2D eigenvalue weighted by Gasteiger charge is -2.06. The third-order valence-electron chi connectivity index (χ3n) is 1.98. The summed E-state index contributed by atoms with van der Waals surface area (Å²) >= 11 is 0. The van der Waals surface area contributed by atoms with Crippen LogP contribution in [0.4, 0.5) is 8.78 Å². The third kappa shape index (κ3) is 1.45. The maximum atomic E-state index is 13.1. The lowest BCUT2D eigenvalue weighted by molar-refractivity contribution is -0.108. The summed E-state index contributed by atoms with van der Waals surface area (Å²) in [6, 6.07) is 0. The van der Waals surface area contributed by atoms with E-state index in [1.165, 1.54) is 18.2 Å². The minimum absolute atomic E-state index is 0.0333. The summed E-state index contributed by atoms with van der Waals surface area (Å²) in [5.74, 6) is -4.40. The maximum Gasteiger partial charge on any atom is 0.324 e. The molecule has 3 nitrogen and oxygen atoms in total. The Morgan fingerprint density at radius 1 is 1.40 bits per heavy atom. The van der Waals surface area contributed by atoms with Crippen LogP contribution >= 0.6 is 0 Å². The van der Waals surface area contributed by atoms with Crippen LogP contribution in [-0.2, 0) is 4.79 Å². The van der Waals surface area contributed by atoms with Gasteiger partial charge in [0.05, 0.1) is 5.70 Å². The number of halogens is 2. The van der Waals surface area contributed by atoms with Crippen molar-refractivity contribution in [3.63, 3.8) is 0 Å². The van der Waals surface area contributed by atoms with Gasteiger partial charge >= 0.3 is 5.92 Å². The van der Waals surface area contributed by atoms with E-state index in [-0.39, 0.29) is 11.4 Å². The summed E-state index contributed by atoms with van der Waals surface area (Å²) in [5, 5.41) is 0. The quantitative estimate of drug-likeness (QED) is 0.502. The first-order valence-electron chi connectivity index (χ1n) is 4.17. The zero-order valence-electron chi connectivity index (χ0n) is 7.58. The van der Waals surface area contributed by atoms with E-state index in [0.29, 0.717) is 6.08 Å². The van der Waals surface area contributed by atoms with Crippen LogP contribution in [0, 0.1) is 0 Å². The van der Waals surface area contributed by atoms with Gasteiger partial charge in [-0.25, -0.2) is 9.98 Å². The van der Waals surface area contributed by atoms with E-state index in [4.69, 9.17) is 0 Å². The molecule has 0 unspecified atom stereocenters. The molecule has 0 saturated heterocycles. The Morgan fingerprint density at radius 2 is 2.13 bits per heavy atom. The van der Waals surface area contributed by atoms with Gasteiger partial charge in [0.15, 0.2) is 0 Å². The summed E-state index contributed by atoms with van der Waals surface area (Å²) in [4.78, 5) is 18.3. The molecule has 0 N–H and O–H groups in total. The largest absolute Gasteiger partial charge is 0.324 e. The fraction of sp³-hybridized carbons (Fsp3) is 0.100. The Morgan fingerprint density at radius 3 is 2.73 bits per heavy atom. The monoisotopic (exact) mass is 208 g/mol. The Kier molecular flexibility index (Phi) is 1.96. The number of carbonyl (C=O) groups is 1. The van der Waals surface area contributed by atoms with Gasteiger partial charge in [-0.3, -0.25) is 4.79 Å². The molecule has 1 aliphatic heterocycles. The third-order valence-corrected chi connectivity index (χ3v) is 1.98. The number of ketones is 1. The summed E-state index contributed by atoms with van der Waals surface area (Å²) in [5.41, 5.74) is 0.146. The zero-order chi connectivity index (χ0) is 11.1. The second-order valence-electron chi connectivity index (χ2n) is 3.00. The fourth-order valence-electron chi connectivity index (χ4n) is 1.20. The van der Waals surface area contributed by atoms with Crippen LogP contribution in [0.1, 0.15) is 0 Å². The van der Waals surface area contributed by atoms with Gasteiger partial charge < -0.3 is 0 Å². The minimum atomic E-state index is -3.30. The molecule has 76 valence electrons. The Bertz CT molecular complexity index is 470. The molecule has 0 fully saturated rings. The van der Waals surface area contributed by atoms with Crippen molar-refractivity contribution in [1.82, 2.24) is 0 Å². The van der Waals surface area contributed by atoms with E-state index in [1.807, 2.05) is 0 Å². The Hall–Kier alpha value is -1.91. The molecule has 0 amide bonds. The normalized spacial score (nSPS) is 19.3. The van der Waals surface area contributed by atoms with Gasteiger partial charge in [0.2, 0.25) is 11.6 Å². The van der Waals surface area contributed by atoms with Crippen molar-refractivity contribution in [3.8, 4) is 0 Å². The van der Waals surface area contributed by atoms with E-state index in [0.717, 1.165) is 0 Å². The van der Waals surface area contributed by atoms with Gasteiger partial charge in [0, 0.05) is 0 Å². The fourth-order valence-corrected chi connectivity index (χ4v) is 1.20. The van der Waals surface area contributed by atoms with E-state index in [1.54, 1.807) is 0 Å². The van der Waals surface area contributed by atoms with E-state index < -0.39 is 17.5 Å². The van der Waals surface area contributed by atoms with E-state index >= 15 is 0 Å². The molecule has 0 aromatic carbocycles. The molecule has 15 heavy (non-hydrogen) atoms. The first kappa shape index (κ1) is 9.64. The van der Waals surface area contributed by atoms with Crippen molar-refractivity contribution in [2.75, 3.05) is 0 Å². The molecule has 2 rings (SSSR count). The van der Waals surface area contributed by atoms with Gasteiger partial charge in [0.1, 0.15) is 5.71 Å². The highest BCUT2D eigenvalue weighted by Crippen LogP contribution is 2.25. The average Bonchev–Trinajstić information content (AvgIpc) is 2.64. The van der Waals surface area contributed by atoms with Gasteiger partial charge in [0.25, 0.3) is 0 Å². The SMILES string of the molecule is C=CC(F)(F)C1=NC2=CC=CC(=O)C2=N1. The highest BCUT2D eigenvalue weighted by molar-refractivity contribution is 6.53. The van der Waals surface area contributed by atoms with E-state index in [9.17, 15) is 13.6 Å². The smallest absolute Gasteiger partial charge is 0.287 e. The van der Waals surface area contributed by atoms with Crippen LogP contribution in [0.3, 0.4) is 0 Å². The maximum absolute atomic E-state index is 13.1. The molecule has 0 saturated carbocycles. The molecule has 0 aromatic heterocycles. The minimum Gasteiger partial charge on any atom is -0.287 e. The molecule has 2 aliphatic rings. The highest BCUT2D eigenvalue weighted by atomic mass is 19.3. The van der Waals surface area contributed by atoms with Crippen LogP contribution in [0.15, 0.2) is 46.6 Å². The second kappa shape index (κ2) is 3.05. The van der Waals surface area contributed by atoms with Crippen molar-refractivity contribution >= 4 is 17.3 Å². The molecule has 5 heteroatoms. The summed E-state index contributed by atoms with van der Waals surface area (Å²) in [7, 11) is 0. The average molecular weight is 208 g/mol. The number of alkyl halides is 2. The predicted octanol–water partition coefficient (Wildman–Crippen LogP) is 1.68. The van der Waals surface area contributed by atoms with Crippen LogP contribution < -0.4 is 0 Å². The number of hydrogen-bond acceptors (Lipinski definition) is 3. The molecule has 0 radical (unpaired) electrons. The first-order valence-corrected chi connectivity index (χ1v) is 4.17. The molecule has 0 bridgehead atoms. The molecule has 1 aliphatic carbocycles. The number of carbonyl (C=O) groups excluding carboxylic acids is 1. The first-order chi connectivity index (χ1) is 7.04. The Labute approximate surface area is 84.2 Å². The van der Waals surface area contributed by atoms with Crippen LogP contribution in [0.2, 0.25) is 0 Å². The van der Waals surface area contributed by atoms with Crippen molar-refractivity contribution < 1.29 is 13.6 Å². The highest BCUT2D eigenvalue weighted by Gasteiger charge is 2.37. The standard InChI is InChI=1S/C10H6F2N2O/c1-2-10(11,12)9-13-6-4-3-5-7(15)8(6)14-9/h2-5H,1H2. The number of hydrogen-bond donors (Lipinski definition) is 0. The number of aliphatic imine (C=N–C) groups is 2. The number of rotatable bonds is 2. The van der Waals surface area contributed by atoms with Gasteiger partial charge in [-0.05, 0) is 18.2 Å². The molecule has 0 atom stereocenters. The molecule has 1 heterocycles. The second-order valence-corrected chi connectivity index (χ2v) is 3.00. The van der Waals surface area contributed by atoms with Crippen molar-refractivity contribution in [2.24, 2.45) is 9.98 Å². The lowest BCUT2D eigenvalue weighted by atomic mass is 10.1. The Balaban J connectivity index is 2.44. The van der Waals surface area contributed by atoms with Crippen molar-refractivity contribution in [3.05, 3.63) is 36.6 Å². The van der Waals surface area contributed by atoms with E-state index in [2.05, 4.69) is 16.6 Å². The van der Waals surface area contributed by atoms with Gasteiger partial charge in [-0.2, -0.15) is 8.78 Å². The van der Waals surface area contributed by atoms with Crippen molar-refractivity contribution in [1.29, 1.82) is 0 Å². The van der Waals surface area contributed by atoms with Crippen LogP contribution in [0.5, 0.6) is 0 Å². The summed E-state index contributed by atoms with van der Waals surface area (Å²) < 4.78 is 26.2. The topological polar surface area (TPSA) is 41.8 Å². The van der Waals surface area contributed by atoms with Crippen molar-refractivity contribution in [2.45, 2.75) is 5.92 Å². The zero-order valence-corrected chi connectivity index (χ0v) is 7.58.